The van der Waals surface area contributed by atoms with Crippen LogP contribution in [0.15, 0.2) is 30.9 Å². The molecule has 1 atom stereocenters. The van der Waals surface area contributed by atoms with Crippen molar-refractivity contribution in [1.29, 1.82) is 0 Å². The highest BCUT2D eigenvalue weighted by molar-refractivity contribution is 6.45. The van der Waals surface area contributed by atoms with Gasteiger partial charge < -0.3 is 14.7 Å². The molecule has 0 radical (unpaired) electrons. The van der Waals surface area contributed by atoms with Gasteiger partial charge in [-0.3, -0.25) is 4.79 Å². The van der Waals surface area contributed by atoms with E-state index in [1.807, 2.05) is 12.1 Å². The molecule has 1 aliphatic rings. The van der Waals surface area contributed by atoms with Crippen LogP contribution in [0.25, 0.3) is 16.6 Å². The Morgan fingerprint density at radius 3 is 2.97 bits per heavy atom. The first-order chi connectivity index (χ1) is 14.0. The summed E-state index contributed by atoms with van der Waals surface area (Å²) < 4.78 is 7.23. The number of carbonyl (C=O) groups is 1. The number of carboxylic acid groups (broad SMARTS) is 1. The molecular weight excluding hydrogens is 417 g/mol. The van der Waals surface area contributed by atoms with E-state index in [0.29, 0.717) is 27.6 Å². The van der Waals surface area contributed by atoms with E-state index in [4.69, 9.17) is 38.0 Å². The van der Waals surface area contributed by atoms with Crippen molar-refractivity contribution in [1.82, 2.24) is 19.7 Å². The highest BCUT2D eigenvalue weighted by Gasteiger charge is 2.27. The Kier molecular flexibility index (Phi) is 5.84. The van der Waals surface area contributed by atoms with Crippen molar-refractivity contribution in [2.45, 2.75) is 25.3 Å². The summed E-state index contributed by atoms with van der Waals surface area (Å²) in [7, 11) is 0. The monoisotopic (exact) mass is 435 g/mol. The SMILES string of the molecule is O=C(O)CCOC[C@@H]1CCCN1c1cc(-n2cncn2)c2c(Cl)c(Cl)ccc2n1. The topological polar surface area (TPSA) is 93.4 Å². The average molecular weight is 436 g/mol. The molecule has 0 aliphatic carbocycles. The maximum atomic E-state index is 10.7. The minimum atomic E-state index is -0.863. The zero-order chi connectivity index (χ0) is 20.4. The van der Waals surface area contributed by atoms with Crippen molar-refractivity contribution in [3.8, 4) is 5.69 Å². The first kappa shape index (κ1) is 19.9. The molecule has 1 fully saturated rings. The standard InChI is InChI=1S/C19H19Cl2N5O3/c20-13-3-4-14-18(19(13)21)15(26-11-22-10-23-26)8-16(24-14)25-6-1-2-12(25)9-29-7-5-17(27)28/h3-4,8,10-12H,1-2,5-7,9H2,(H,27,28)/t12-/m0/s1. The normalized spacial score (nSPS) is 16.6. The van der Waals surface area contributed by atoms with Crippen LogP contribution in [-0.4, -0.2) is 56.6 Å². The zero-order valence-electron chi connectivity index (χ0n) is 15.5. The van der Waals surface area contributed by atoms with E-state index in [9.17, 15) is 4.79 Å². The Hall–Kier alpha value is -2.42. The fourth-order valence-electron chi connectivity index (χ4n) is 3.58. The number of hydrogen-bond donors (Lipinski definition) is 1. The van der Waals surface area contributed by atoms with Gasteiger partial charge in [0.2, 0.25) is 0 Å². The minimum absolute atomic E-state index is 0.00332. The third kappa shape index (κ3) is 4.14. The maximum Gasteiger partial charge on any atom is 0.305 e. The molecule has 1 aliphatic heterocycles. The van der Waals surface area contributed by atoms with Crippen molar-refractivity contribution in [2.24, 2.45) is 0 Å². The van der Waals surface area contributed by atoms with E-state index >= 15 is 0 Å². The Labute approximate surface area is 177 Å². The van der Waals surface area contributed by atoms with Crippen molar-refractivity contribution < 1.29 is 14.6 Å². The quantitative estimate of drug-likeness (QED) is 0.566. The van der Waals surface area contributed by atoms with E-state index in [0.717, 1.165) is 30.9 Å². The fourth-order valence-corrected chi connectivity index (χ4v) is 3.99. The summed E-state index contributed by atoms with van der Waals surface area (Å²) in [4.78, 5) is 21.7. The van der Waals surface area contributed by atoms with Crippen molar-refractivity contribution in [3.05, 3.63) is 40.9 Å². The Morgan fingerprint density at radius 1 is 1.34 bits per heavy atom. The smallest absolute Gasteiger partial charge is 0.305 e. The van der Waals surface area contributed by atoms with Crippen LogP contribution in [-0.2, 0) is 9.53 Å². The van der Waals surface area contributed by atoms with E-state index in [-0.39, 0.29) is 19.1 Å². The van der Waals surface area contributed by atoms with Gasteiger partial charge >= 0.3 is 5.97 Å². The summed E-state index contributed by atoms with van der Waals surface area (Å²) >= 11 is 12.7. The fraction of sp³-hybridized carbons (Fsp3) is 0.368. The van der Waals surface area contributed by atoms with Crippen LogP contribution in [0.5, 0.6) is 0 Å². The number of rotatable bonds is 7. The summed E-state index contributed by atoms with van der Waals surface area (Å²) in [6.07, 6.45) is 5.02. The van der Waals surface area contributed by atoms with Gasteiger partial charge in [-0.15, -0.1) is 0 Å². The Balaban J connectivity index is 1.69. The van der Waals surface area contributed by atoms with E-state index in [2.05, 4.69) is 15.0 Å². The molecule has 10 heteroatoms. The molecule has 0 unspecified atom stereocenters. The number of fused-ring (bicyclic) bond motifs is 1. The number of aliphatic carboxylic acids is 1. The van der Waals surface area contributed by atoms with Crippen molar-refractivity contribution >= 4 is 45.9 Å². The van der Waals surface area contributed by atoms with E-state index in [1.54, 1.807) is 17.1 Å². The second kappa shape index (κ2) is 8.52. The van der Waals surface area contributed by atoms with Gasteiger partial charge in [-0.1, -0.05) is 23.2 Å². The summed E-state index contributed by atoms with van der Waals surface area (Å²) in [5.74, 6) is -0.0804. The highest BCUT2D eigenvalue weighted by atomic mass is 35.5. The van der Waals surface area contributed by atoms with Gasteiger partial charge in [-0.05, 0) is 25.0 Å². The molecular formula is C19H19Cl2N5O3. The van der Waals surface area contributed by atoms with Crippen LogP contribution in [0.1, 0.15) is 19.3 Å². The lowest BCUT2D eigenvalue weighted by atomic mass is 10.1. The Bertz CT molecular complexity index is 1030. The molecule has 0 bridgehead atoms. The number of pyridine rings is 1. The van der Waals surface area contributed by atoms with Crippen molar-refractivity contribution in [2.75, 3.05) is 24.7 Å². The Morgan fingerprint density at radius 2 is 2.21 bits per heavy atom. The molecule has 1 saturated heterocycles. The number of carboxylic acids is 1. The number of ether oxygens (including phenoxy) is 1. The van der Waals surface area contributed by atoms with Gasteiger partial charge in [0.25, 0.3) is 0 Å². The summed E-state index contributed by atoms with van der Waals surface area (Å²) in [5.41, 5.74) is 1.45. The van der Waals surface area contributed by atoms with E-state index in [1.165, 1.54) is 6.33 Å². The molecule has 29 heavy (non-hydrogen) atoms. The van der Waals surface area contributed by atoms with Crippen LogP contribution in [0.2, 0.25) is 10.0 Å². The predicted octanol–water partition coefficient (Wildman–Crippen LogP) is 3.58. The lowest BCUT2D eigenvalue weighted by Gasteiger charge is -2.26. The van der Waals surface area contributed by atoms with Gasteiger partial charge in [0.05, 0.1) is 46.9 Å². The highest BCUT2D eigenvalue weighted by Crippen LogP contribution is 2.36. The summed E-state index contributed by atoms with van der Waals surface area (Å²) in [6, 6.07) is 5.61. The van der Waals surface area contributed by atoms with Crippen LogP contribution in [0, 0.1) is 0 Å². The van der Waals surface area contributed by atoms with Gasteiger partial charge in [-0.2, -0.15) is 5.10 Å². The van der Waals surface area contributed by atoms with Gasteiger partial charge in [-0.25, -0.2) is 14.6 Å². The second-order valence-corrected chi connectivity index (χ2v) is 7.59. The summed E-state index contributed by atoms with van der Waals surface area (Å²) in [5, 5.41) is 14.6. The second-order valence-electron chi connectivity index (χ2n) is 6.80. The van der Waals surface area contributed by atoms with Crippen LogP contribution in [0.4, 0.5) is 5.82 Å². The molecule has 1 aromatic carbocycles. The number of halogens is 2. The molecule has 0 amide bonds. The molecule has 0 saturated carbocycles. The lowest BCUT2D eigenvalue weighted by Crippen LogP contribution is -2.34. The molecule has 3 aromatic rings. The molecule has 3 heterocycles. The maximum absolute atomic E-state index is 10.7. The van der Waals surface area contributed by atoms with Gasteiger partial charge in [0.1, 0.15) is 18.5 Å². The van der Waals surface area contributed by atoms with Crippen LogP contribution >= 0.6 is 23.2 Å². The number of anilines is 1. The molecule has 2 aromatic heterocycles. The molecule has 152 valence electrons. The van der Waals surface area contributed by atoms with E-state index < -0.39 is 5.97 Å². The number of aromatic nitrogens is 4. The molecule has 1 N–H and O–H groups in total. The number of nitrogens with zero attached hydrogens (tertiary/aromatic N) is 5. The first-order valence-corrected chi connectivity index (χ1v) is 10.00. The average Bonchev–Trinajstić information content (AvgIpc) is 3.39. The first-order valence-electron chi connectivity index (χ1n) is 9.24. The molecule has 8 nitrogen and oxygen atoms in total. The molecule has 0 spiro atoms. The number of benzene rings is 1. The largest absolute Gasteiger partial charge is 0.481 e. The third-order valence-corrected chi connectivity index (χ3v) is 5.74. The van der Waals surface area contributed by atoms with Gasteiger partial charge in [0.15, 0.2) is 0 Å². The predicted molar refractivity (Wildman–Crippen MR) is 110 cm³/mol. The number of hydrogen-bond acceptors (Lipinski definition) is 6. The van der Waals surface area contributed by atoms with Crippen molar-refractivity contribution in [3.63, 3.8) is 0 Å². The van der Waals surface area contributed by atoms with Crippen LogP contribution in [0.3, 0.4) is 0 Å². The third-order valence-electron chi connectivity index (χ3n) is 4.94. The van der Waals surface area contributed by atoms with Gasteiger partial charge in [0, 0.05) is 18.0 Å². The molecule has 4 rings (SSSR count). The van der Waals surface area contributed by atoms with Crippen LogP contribution < -0.4 is 4.90 Å². The zero-order valence-corrected chi connectivity index (χ0v) is 17.0. The summed E-state index contributed by atoms with van der Waals surface area (Å²) in [6.45, 7) is 1.49. The lowest BCUT2D eigenvalue weighted by molar-refractivity contribution is -0.138. The minimum Gasteiger partial charge on any atom is -0.481 e.